The fourth-order valence-corrected chi connectivity index (χ4v) is 2.06. The van der Waals surface area contributed by atoms with Crippen LogP contribution in [-0.2, 0) is 11.2 Å². The molecule has 1 aromatic heterocycles. The van der Waals surface area contributed by atoms with E-state index >= 15 is 0 Å². The zero-order valence-electron chi connectivity index (χ0n) is 10.7. The molecule has 1 aliphatic carbocycles. The minimum Gasteiger partial charge on any atom is -0.480 e. The predicted octanol–water partition coefficient (Wildman–Crippen LogP) is 0.503. The van der Waals surface area contributed by atoms with Gasteiger partial charge in [0.2, 0.25) is 0 Å². The van der Waals surface area contributed by atoms with Crippen molar-refractivity contribution in [2.45, 2.75) is 38.3 Å². The number of hydrogen-bond acceptors (Lipinski definition) is 3. The first-order chi connectivity index (χ1) is 9.10. The van der Waals surface area contributed by atoms with E-state index in [0.717, 1.165) is 12.8 Å². The number of urea groups is 1. The van der Waals surface area contributed by atoms with Gasteiger partial charge in [0, 0.05) is 24.4 Å². The number of aromatic amines is 1. The van der Waals surface area contributed by atoms with Crippen LogP contribution in [0.5, 0.6) is 0 Å². The quantitative estimate of drug-likeness (QED) is 0.601. The Hall–Kier alpha value is -2.05. The molecule has 2 rings (SSSR count). The number of aliphatic carboxylic acids is 1. The molecule has 0 bridgehead atoms. The maximum Gasteiger partial charge on any atom is 0.326 e. The summed E-state index contributed by atoms with van der Waals surface area (Å²) < 4.78 is 0. The lowest BCUT2D eigenvalue weighted by molar-refractivity contribution is -0.139. The van der Waals surface area contributed by atoms with Crippen molar-refractivity contribution in [3.8, 4) is 0 Å². The molecule has 104 valence electrons. The zero-order valence-corrected chi connectivity index (χ0v) is 10.7. The van der Waals surface area contributed by atoms with Gasteiger partial charge >= 0.3 is 12.0 Å². The van der Waals surface area contributed by atoms with E-state index in [0.29, 0.717) is 11.6 Å². The van der Waals surface area contributed by atoms with Crippen LogP contribution in [0.4, 0.5) is 4.79 Å². The number of carboxylic acids is 1. The highest BCUT2D eigenvalue weighted by molar-refractivity contribution is 5.83. The number of rotatable bonds is 6. The number of nitrogens with one attached hydrogen (secondary N) is 3. The van der Waals surface area contributed by atoms with Crippen molar-refractivity contribution in [1.82, 2.24) is 20.6 Å². The summed E-state index contributed by atoms with van der Waals surface area (Å²) in [6.45, 7) is 2.07. The number of nitrogens with zero attached hydrogens (tertiary/aromatic N) is 1. The summed E-state index contributed by atoms with van der Waals surface area (Å²) in [7, 11) is 0. The first kappa shape index (κ1) is 13.4. The lowest BCUT2D eigenvalue weighted by Gasteiger charge is -2.14. The Labute approximate surface area is 110 Å². The maximum absolute atomic E-state index is 11.7. The van der Waals surface area contributed by atoms with Gasteiger partial charge in [0.1, 0.15) is 6.04 Å². The third kappa shape index (κ3) is 3.70. The second kappa shape index (κ2) is 5.73. The molecule has 0 radical (unpaired) electrons. The highest BCUT2D eigenvalue weighted by Crippen LogP contribution is 2.32. The monoisotopic (exact) mass is 266 g/mol. The average molecular weight is 266 g/mol. The molecule has 1 aliphatic rings. The van der Waals surface area contributed by atoms with Crippen LogP contribution in [0.1, 0.15) is 25.5 Å². The van der Waals surface area contributed by atoms with E-state index in [1.54, 1.807) is 6.20 Å². The molecule has 7 nitrogen and oxygen atoms in total. The van der Waals surface area contributed by atoms with Crippen LogP contribution in [0.2, 0.25) is 0 Å². The van der Waals surface area contributed by atoms with Crippen LogP contribution in [0.3, 0.4) is 0 Å². The fraction of sp³-hybridized carbons (Fsp3) is 0.583. The highest BCUT2D eigenvalue weighted by atomic mass is 16.4. The van der Waals surface area contributed by atoms with Gasteiger partial charge in [0.05, 0.1) is 6.33 Å². The number of carboxylic acid groups (broad SMARTS) is 1. The molecule has 0 aromatic carbocycles. The summed E-state index contributed by atoms with van der Waals surface area (Å²) in [6.07, 6.45) is 5.21. The molecular formula is C12H18N4O3. The third-order valence-corrected chi connectivity index (χ3v) is 3.35. The Morgan fingerprint density at radius 3 is 2.95 bits per heavy atom. The summed E-state index contributed by atoms with van der Waals surface area (Å²) in [5.74, 6) is -0.533. The van der Waals surface area contributed by atoms with Crippen molar-refractivity contribution in [3.63, 3.8) is 0 Å². The van der Waals surface area contributed by atoms with E-state index in [2.05, 4.69) is 27.5 Å². The SMILES string of the molecule is CCC1CC1NC(=O)N[C@@H](Cc1cnc[nH]1)C(=O)O. The molecule has 7 heteroatoms. The number of imidazole rings is 1. The Morgan fingerprint density at radius 2 is 2.42 bits per heavy atom. The average Bonchev–Trinajstić information content (AvgIpc) is 2.90. The second-order valence-electron chi connectivity index (χ2n) is 4.80. The standard InChI is InChI=1S/C12H18N4O3/c1-2-7-3-9(7)15-12(19)16-10(11(17)18)4-8-5-13-6-14-8/h5-7,9-10H,2-4H2,1H3,(H,13,14)(H,17,18)(H2,15,16,19)/t7?,9?,10-/m0/s1. The van der Waals surface area contributed by atoms with Crippen LogP contribution in [0.25, 0.3) is 0 Å². The Bertz CT molecular complexity index is 446. The molecule has 19 heavy (non-hydrogen) atoms. The Balaban J connectivity index is 1.83. The summed E-state index contributed by atoms with van der Waals surface area (Å²) in [5, 5.41) is 14.3. The number of carbonyl (C=O) groups excluding carboxylic acids is 1. The van der Waals surface area contributed by atoms with Crippen molar-refractivity contribution in [1.29, 1.82) is 0 Å². The first-order valence-corrected chi connectivity index (χ1v) is 6.37. The molecular weight excluding hydrogens is 248 g/mol. The number of carbonyl (C=O) groups is 2. The van der Waals surface area contributed by atoms with Gasteiger partial charge < -0.3 is 20.7 Å². The maximum atomic E-state index is 11.7. The molecule has 2 unspecified atom stereocenters. The van der Waals surface area contributed by atoms with Gasteiger partial charge in [-0.3, -0.25) is 0 Å². The van der Waals surface area contributed by atoms with Crippen LogP contribution < -0.4 is 10.6 Å². The minimum absolute atomic E-state index is 0.185. The lowest BCUT2D eigenvalue weighted by Crippen LogP contribution is -2.48. The van der Waals surface area contributed by atoms with E-state index in [1.807, 2.05) is 0 Å². The van der Waals surface area contributed by atoms with Gasteiger partial charge in [0.25, 0.3) is 0 Å². The molecule has 4 N–H and O–H groups in total. The van der Waals surface area contributed by atoms with Gasteiger partial charge in [-0.1, -0.05) is 13.3 Å². The molecule has 0 saturated heterocycles. The van der Waals surface area contributed by atoms with Crippen molar-refractivity contribution in [2.24, 2.45) is 5.92 Å². The summed E-state index contributed by atoms with van der Waals surface area (Å²) >= 11 is 0. The normalized spacial score (nSPS) is 22.6. The summed E-state index contributed by atoms with van der Waals surface area (Å²) in [5.41, 5.74) is 0.672. The lowest BCUT2D eigenvalue weighted by atomic mass is 10.2. The largest absolute Gasteiger partial charge is 0.480 e. The molecule has 1 fully saturated rings. The Morgan fingerprint density at radius 1 is 1.63 bits per heavy atom. The van der Waals surface area contributed by atoms with Crippen LogP contribution in [0.15, 0.2) is 12.5 Å². The molecule has 3 atom stereocenters. The van der Waals surface area contributed by atoms with Gasteiger partial charge in [-0.2, -0.15) is 0 Å². The number of hydrogen-bond donors (Lipinski definition) is 4. The van der Waals surface area contributed by atoms with Gasteiger partial charge in [-0.05, 0) is 12.3 Å². The van der Waals surface area contributed by atoms with Crippen molar-refractivity contribution in [2.75, 3.05) is 0 Å². The topological polar surface area (TPSA) is 107 Å². The van der Waals surface area contributed by atoms with Crippen LogP contribution >= 0.6 is 0 Å². The zero-order chi connectivity index (χ0) is 13.8. The molecule has 1 aromatic rings. The Kier molecular flexibility index (Phi) is 4.03. The van der Waals surface area contributed by atoms with Gasteiger partial charge in [0.15, 0.2) is 0 Å². The summed E-state index contributed by atoms with van der Waals surface area (Å²) in [4.78, 5) is 29.4. The minimum atomic E-state index is -1.06. The van der Waals surface area contributed by atoms with Crippen LogP contribution in [0, 0.1) is 5.92 Å². The second-order valence-corrected chi connectivity index (χ2v) is 4.80. The van der Waals surface area contributed by atoms with Gasteiger partial charge in [-0.15, -0.1) is 0 Å². The molecule has 0 aliphatic heterocycles. The van der Waals surface area contributed by atoms with E-state index in [-0.39, 0.29) is 12.5 Å². The highest BCUT2D eigenvalue weighted by Gasteiger charge is 2.37. The molecule has 2 amide bonds. The third-order valence-electron chi connectivity index (χ3n) is 3.35. The molecule has 1 saturated carbocycles. The smallest absolute Gasteiger partial charge is 0.326 e. The van der Waals surface area contributed by atoms with Crippen molar-refractivity contribution >= 4 is 12.0 Å². The fourth-order valence-electron chi connectivity index (χ4n) is 2.06. The number of H-pyrrole nitrogens is 1. The number of aromatic nitrogens is 2. The van der Waals surface area contributed by atoms with E-state index in [4.69, 9.17) is 5.11 Å². The van der Waals surface area contributed by atoms with Crippen molar-refractivity contribution in [3.05, 3.63) is 18.2 Å². The number of amides is 2. The van der Waals surface area contributed by atoms with E-state index in [9.17, 15) is 9.59 Å². The molecule has 0 spiro atoms. The predicted molar refractivity (Wildman–Crippen MR) is 67.6 cm³/mol. The van der Waals surface area contributed by atoms with Crippen molar-refractivity contribution < 1.29 is 14.7 Å². The van der Waals surface area contributed by atoms with Crippen LogP contribution in [-0.4, -0.2) is 39.2 Å². The van der Waals surface area contributed by atoms with E-state index < -0.39 is 18.0 Å². The summed E-state index contributed by atoms with van der Waals surface area (Å²) in [6, 6.07) is -1.20. The first-order valence-electron chi connectivity index (χ1n) is 6.37. The van der Waals surface area contributed by atoms with E-state index in [1.165, 1.54) is 6.33 Å². The van der Waals surface area contributed by atoms with Gasteiger partial charge in [-0.25, -0.2) is 14.6 Å². The molecule has 1 heterocycles.